The van der Waals surface area contributed by atoms with Crippen molar-refractivity contribution in [2.75, 3.05) is 34.3 Å². The maximum Gasteiger partial charge on any atom is 0.193 e. The topological polar surface area (TPSA) is 46.1 Å². The van der Waals surface area contributed by atoms with Gasteiger partial charge in [0.05, 0.1) is 13.7 Å². The van der Waals surface area contributed by atoms with Crippen molar-refractivity contribution < 1.29 is 9.47 Å². The zero-order chi connectivity index (χ0) is 18.1. The summed E-state index contributed by atoms with van der Waals surface area (Å²) in [5, 5.41) is 5.48. The standard InChI is InChI=1S/C19H27N3O2S/c1-15(24-17-9-7-16(23-4)8-10-17)14-21-19(20-2)22(3)12-11-18-6-5-13-25-18/h5-10,13,15H,11-12,14H2,1-4H3,(H,20,21). The van der Waals surface area contributed by atoms with E-state index >= 15 is 0 Å². The molecule has 0 saturated heterocycles. The Hall–Kier alpha value is -2.21. The van der Waals surface area contributed by atoms with Gasteiger partial charge in [0.25, 0.3) is 0 Å². The van der Waals surface area contributed by atoms with Crippen LogP contribution in [0.2, 0.25) is 0 Å². The zero-order valence-electron chi connectivity index (χ0n) is 15.4. The molecule has 0 spiro atoms. The number of aliphatic imine (C=N–C) groups is 1. The fraction of sp³-hybridized carbons (Fsp3) is 0.421. The Morgan fingerprint density at radius 1 is 1.24 bits per heavy atom. The van der Waals surface area contributed by atoms with E-state index in [0.29, 0.717) is 6.54 Å². The fourth-order valence-electron chi connectivity index (χ4n) is 2.39. The maximum atomic E-state index is 5.92. The largest absolute Gasteiger partial charge is 0.497 e. The lowest BCUT2D eigenvalue weighted by Crippen LogP contribution is -2.43. The lowest BCUT2D eigenvalue weighted by Gasteiger charge is -2.23. The van der Waals surface area contributed by atoms with Crippen molar-refractivity contribution in [2.24, 2.45) is 4.99 Å². The molecule has 0 aliphatic heterocycles. The van der Waals surface area contributed by atoms with E-state index in [2.05, 4.69) is 39.8 Å². The molecular formula is C19H27N3O2S. The summed E-state index contributed by atoms with van der Waals surface area (Å²) < 4.78 is 11.1. The smallest absolute Gasteiger partial charge is 0.193 e. The van der Waals surface area contributed by atoms with Crippen LogP contribution in [-0.4, -0.2) is 51.3 Å². The number of rotatable bonds is 8. The van der Waals surface area contributed by atoms with Crippen molar-refractivity contribution in [2.45, 2.75) is 19.4 Å². The maximum absolute atomic E-state index is 5.92. The number of ether oxygens (including phenoxy) is 2. The number of benzene rings is 1. The zero-order valence-corrected chi connectivity index (χ0v) is 16.2. The van der Waals surface area contributed by atoms with Gasteiger partial charge in [0.2, 0.25) is 0 Å². The number of methoxy groups -OCH3 is 1. The van der Waals surface area contributed by atoms with Crippen LogP contribution < -0.4 is 14.8 Å². The van der Waals surface area contributed by atoms with E-state index in [0.717, 1.165) is 30.4 Å². The van der Waals surface area contributed by atoms with E-state index in [9.17, 15) is 0 Å². The van der Waals surface area contributed by atoms with Gasteiger partial charge in [0.15, 0.2) is 5.96 Å². The highest BCUT2D eigenvalue weighted by molar-refractivity contribution is 7.09. The molecular weight excluding hydrogens is 334 g/mol. The van der Waals surface area contributed by atoms with Gasteiger partial charge in [-0.25, -0.2) is 0 Å². The lowest BCUT2D eigenvalue weighted by atomic mass is 10.3. The first-order valence-electron chi connectivity index (χ1n) is 8.37. The van der Waals surface area contributed by atoms with Crippen molar-refractivity contribution in [1.82, 2.24) is 10.2 Å². The molecule has 1 heterocycles. The van der Waals surface area contributed by atoms with Gasteiger partial charge in [0, 0.05) is 25.5 Å². The average molecular weight is 362 g/mol. The second-order valence-electron chi connectivity index (χ2n) is 5.78. The van der Waals surface area contributed by atoms with Crippen molar-refractivity contribution in [3.63, 3.8) is 0 Å². The number of hydrogen-bond donors (Lipinski definition) is 1. The van der Waals surface area contributed by atoms with Crippen LogP contribution >= 0.6 is 11.3 Å². The molecule has 1 aromatic heterocycles. The minimum Gasteiger partial charge on any atom is -0.497 e. The van der Waals surface area contributed by atoms with Gasteiger partial charge in [-0.3, -0.25) is 4.99 Å². The Morgan fingerprint density at radius 2 is 1.96 bits per heavy atom. The second kappa shape index (κ2) is 9.93. The Kier molecular flexibility index (Phi) is 7.60. The molecule has 1 atom stereocenters. The molecule has 136 valence electrons. The first-order valence-corrected chi connectivity index (χ1v) is 9.25. The van der Waals surface area contributed by atoms with E-state index < -0.39 is 0 Å². The fourth-order valence-corrected chi connectivity index (χ4v) is 3.08. The third-order valence-electron chi connectivity index (χ3n) is 3.79. The summed E-state index contributed by atoms with van der Waals surface area (Å²) in [4.78, 5) is 7.88. The van der Waals surface area contributed by atoms with E-state index in [1.807, 2.05) is 31.2 Å². The Morgan fingerprint density at radius 3 is 2.56 bits per heavy atom. The predicted octanol–water partition coefficient (Wildman–Crippen LogP) is 3.27. The van der Waals surface area contributed by atoms with Gasteiger partial charge >= 0.3 is 0 Å². The minimum atomic E-state index is 0.0239. The van der Waals surface area contributed by atoms with Crippen LogP contribution in [0.5, 0.6) is 11.5 Å². The van der Waals surface area contributed by atoms with Gasteiger partial charge < -0.3 is 19.7 Å². The summed E-state index contributed by atoms with van der Waals surface area (Å²) in [6.45, 7) is 3.64. The number of guanidine groups is 1. The first kappa shape index (κ1) is 19.1. The third kappa shape index (κ3) is 6.31. The molecule has 0 aliphatic carbocycles. The Labute approximate surface area is 154 Å². The Bertz CT molecular complexity index is 641. The van der Waals surface area contributed by atoms with E-state index in [1.54, 1.807) is 25.5 Å². The van der Waals surface area contributed by atoms with Crippen LogP contribution in [0.1, 0.15) is 11.8 Å². The summed E-state index contributed by atoms with van der Waals surface area (Å²) >= 11 is 1.79. The van der Waals surface area contributed by atoms with Gasteiger partial charge in [-0.2, -0.15) is 0 Å². The molecule has 0 fully saturated rings. The van der Waals surface area contributed by atoms with Crippen molar-refractivity contribution in [3.8, 4) is 11.5 Å². The molecule has 1 aromatic carbocycles. The average Bonchev–Trinajstić information content (AvgIpc) is 3.14. The third-order valence-corrected chi connectivity index (χ3v) is 4.73. The Balaban J connectivity index is 1.76. The SMILES string of the molecule is CN=C(NCC(C)Oc1ccc(OC)cc1)N(C)CCc1cccs1. The lowest BCUT2D eigenvalue weighted by molar-refractivity contribution is 0.222. The summed E-state index contributed by atoms with van der Waals surface area (Å²) in [6.07, 6.45) is 1.04. The number of hydrogen-bond acceptors (Lipinski definition) is 4. The quantitative estimate of drug-likeness (QED) is 0.579. The molecule has 25 heavy (non-hydrogen) atoms. The molecule has 0 bridgehead atoms. The number of likely N-dealkylation sites (N-methyl/N-ethyl adjacent to an activating group) is 1. The minimum absolute atomic E-state index is 0.0239. The molecule has 6 heteroatoms. The molecule has 0 radical (unpaired) electrons. The van der Waals surface area contributed by atoms with Crippen molar-refractivity contribution >= 4 is 17.3 Å². The molecule has 2 aromatic rings. The molecule has 0 amide bonds. The molecule has 2 rings (SSSR count). The van der Waals surface area contributed by atoms with Crippen LogP contribution in [0.4, 0.5) is 0 Å². The molecule has 1 N–H and O–H groups in total. The van der Waals surface area contributed by atoms with E-state index in [1.165, 1.54) is 4.88 Å². The number of nitrogens with zero attached hydrogens (tertiary/aromatic N) is 2. The van der Waals surface area contributed by atoms with E-state index in [-0.39, 0.29) is 6.10 Å². The molecule has 0 aliphatic rings. The van der Waals surface area contributed by atoms with Crippen LogP contribution in [0.25, 0.3) is 0 Å². The van der Waals surface area contributed by atoms with Crippen LogP contribution in [-0.2, 0) is 6.42 Å². The molecule has 0 saturated carbocycles. The second-order valence-corrected chi connectivity index (χ2v) is 6.82. The van der Waals surface area contributed by atoms with Crippen LogP contribution in [0.15, 0.2) is 46.8 Å². The monoisotopic (exact) mass is 361 g/mol. The highest BCUT2D eigenvalue weighted by Gasteiger charge is 2.09. The van der Waals surface area contributed by atoms with Crippen molar-refractivity contribution in [3.05, 3.63) is 46.7 Å². The number of nitrogens with one attached hydrogen (secondary N) is 1. The van der Waals surface area contributed by atoms with Crippen LogP contribution in [0.3, 0.4) is 0 Å². The highest BCUT2D eigenvalue weighted by atomic mass is 32.1. The summed E-state index contributed by atoms with van der Waals surface area (Å²) in [6, 6.07) is 11.9. The van der Waals surface area contributed by atoms with Gasteiger partial charge in [-0.05, 0) is 49.1 Å². The van der Waals surface area contributed by atoms with E-state index in [4.69, 9.17) is 9.47 Å². The summed E-state index contributed by atoms with van der Waals surface area (Å²) in [5.41, 5.74) is 0. The molecule has 5 nitrogen and oxygen atoms in total. The summed E-state index contributed by atoms with van der Waals surface area (Å²) in [5.74, 6) is 2.53. The van der Waals surface area contributed by atoms with Crippen molar-refractivity contribution in [1.29, 1.82) is 0 Å². The first-order chi connectivity index (χ1) is 12.1. The van der Waals surface area contributed by atoms with Gasteiger partial charge in [0.1, 0.15) is 17.6 Å². The molecule has 1 unspecified atom stereocenters. The normalized spacial score (nSPS) is 12.6. The predicted molar refractivity (Wildman–Crippen MR) is 105 cm³/mol. The van der Waals surface area contributed by atoms with Gasteiger partial charge in [-0.15, -0.1) is 11.3 Å². The van der Waals surface area contributed by atoms with Gasteiger partial charge in [-0.1, -0.05) is 6.07 Å². The highest BCUT2D eigenvalue weighted by Crippen LogP contribution is 2.18. The summed E-state index contributed by atoms with van der Waals surface area (Å²) in [7, 11) is 5.51. The number of thiophene rings is 1. The van der Waals surface area contributed by atoms with Crippen LogP contribution in [0, 0.1) is 0 Å².